The van der Waals surface area contributed by atoms with E-state index in [1.807, 2.05) is 6.07 Å². The van der Waals surface area contributed by atoms with Gasteiger partial charge in [0.05, 0.1) is 6.04 Å². The number of rotatable bonds is 5. The first-order valence-corrected chi connectivity index (χ1v) is 9.33. The van der Waals surface area contributed by atoms with Crippen LogP contribution in [-0.2, 0) is 0 Å². The summed E-state index contributed by atoms with van der Waals surface area (Å²) >= 11 is 6.91. The monoisotopic (exact) mass is 383 g/mol. The lowest BCUT2D eigenvalue weighted by Crippen LogP contribution is -2.23. The smallest absolute Gasteiger partial charge is 0.128 e. The lowest BCUT2D eigenvalue weighted by atomic mass is 10.0. The standard InChI is InChI=1S/C16H15BrFNS2/c1-2-6-19-16(11-8-10(17)3-4-12(11)18)15-9-14-13(21-15)5-7-20-14/h3-5,7-9,16,19H,2,6H2,1H3. The third-order valence-electron chi connectivity index (χ3n) is 3.31. The minimum absolute atomic E-state index is 0.0907. The second-order valence-corrected chi connectivity index (χ2v) is 7.83. The van der Waals surface area contributed by atoms with Gasteiger partial charge in [0, 0.05) is 24.3 Å². The highest BCUT2D eigenvalue weighted by Gasteiger charge is 2.20. The molecule has 0 spiro atoms. The molecule has 21 heavy (non-hydrogen) atoms. The molecular weight excluding hydrogens is 369 g/mol. The van der Waals surface area contributed by atoms with Crippen molar-refractivity contribution in [2.24, 2.45) is 0 Å². The van der Waals surface area contributed by atoms with E-state index >= 15 is 0 Å². The van der Waals surface area contributed by atoms with Gasteiger partial charge in [-0.15, -0.1) is 22.7 Å². The predicted molar refractivity (Wildman–Crippen MR) is 93.9 cm³/mol. The van der Waals surface area contributed by atoms with Gasteiger partial charge in [0.25, 0.3) is 0 Å². The van der Waals surface area contributed by atoms with Crippen molar-refractivity contribution in [3.8, 4) is 0 Å². The van der Waals surface area contributed by atoms with Crippen LogP contribution >= 0.6 is 38.6 Å². The first kappa shape index (κ1) is 15.2. The second kappa shape index (κ2) is 6.57. The number of hydrogen-bond acceptors (Lipinski definition) is 3. The first-order chi connectivity index (χ1) is 10.2. The first-order valence-electron chi connectivity index (χ1n) is 6.84. The summed E-state index contributed by atoms with van der Waals surface area (Å²) in [7, 11) is 0. The largest absolute Gasteiger partial charge is 0.306 e. The molecule has 0 bridgehead atoms. The van der Waals surface area contributed by atoms with Gasteiger partial charge in [0.15, 0.2) is 0 Å². The van der Waals surface area contributed by atoms with Crippen LogP contribution in [0.5, 0.6) is 0 Å². The summed E-state index contributed by atoms with van der Waals surface area (Å²) in [6, 6.07) is 9.35. The molecule has 5 heteroatoms. The Morgan fingerprint density at radius 1 is 1.24 bits per heavy atom. The zero-order valence-electron chi connectivity index (χ0n) is 11.5. The Bertz CT molecular complexity index is 721. The molecule has 1 nitrogen and oxygen atoms in total. The van der Waals surface area contributed by atoms with Crippen molar-refractivity contribution in [1.29, 1.82) is 0 Å². The van der Waals surface area contributed by atoms with E-state index in [2.05, 4.69) is 45.7 Å². The molecule has 110 valence electrons. The molecule has 1 aromatic carbocycles. The number of fused-ring (bicyclic) bond motifs is 1. The van der Waals surface area contributed by atoms with Gasteiger partial charge < -0.3 is 5.32 Å². The summed E-state index contributed by atoms with van der Waals surface area (Å²) in [4.78, 5) is 1.17. The average molecular weight is 384 g/mol. The number of halogens is 2. The van der Waals surface area contributed by atoms with E-state index in [9.17, 15) is 4.39 Å². The molecule has 0 amide bonds. The van der Waals surface area contributed by atoms with E-state index in [-0.39, 0.29) is 11.9 Å². The van der Waals surface area contributed by atoms with Crippen LogP contribution in [0.25, 0.3) is 9.40 Å². The van der Waals surface area contributed by atoms with Crippen LogP contribution in [0.1, 0.15) is 29.8 Å². The molecule has 0 saturated heterocycles. The van der Waals surface area contributed by atoms with Crippen LogP contribution in [-0.4, -0.2) is 6.54 Å². The molecular formula is C16H15BrFNS2. The molecule has 0 aliphatic carbocycles. The van der Waals surface area contributed by atoms with Crippen molar-refractivity contribution in [3.63, 3.8) is 0 Å². The average Bonchev–Trinajstić information content (AvgIpc) is 3.04. The van der Waals surface area contributed by atoms with Crippen LogP contribution in [0.15, 0.2) is 40.2 Å². The summed E-state index contributed by atoms with van der Waals surface area (Å²) in [5, 5.41) is 5.57. The maximum Gasteiger partial charge on any atom is 0.128 e. The fourth-order valence-electron chi connectivity index (χ4n) is 2.32. The molecule has 0 aliphatic heterocycles. The molecule has 1 atom stereocenters. The molecule has 0 fully saturated rings. The highest BCUT2D eigenvalue weighted by molar-refractivity contribution is 9.10. The zero-order valence-corrected chi connectivity index (χ0v) is 14.7. The lowest BCUT2D eigenvalue weighted by Gasteiger charge is -2.18. The number of nitrogens with one attached hydrogen (secondary N) is 1. The Morgan fingerprint density at radius 3 is 2.86 bits per heavy atom. The normalized spacial score (nSPS) is 12.9. The van der Waals surface area contributed by atoms with Crippen LogP contribution in [0.2, 0.25) is 0 Å². The Morgan fingerprint density at radius 2 is 2.10 bits per heavy atom. The minimum atomic E-state index is -0.163. The van der Waals surface area contributed by atoms with Gasteiger partial charge in [0.1, 0.15) is 5.82 Å². The Kier molecular flexibility index (Phi) is 4.74. The number of thiophene rings is 2. The van der Waals surface area contributed by atoms with Gasteiger partial charge in [0.2, 0.25) is 0 Å². The molecule has 3 aromatic rings. The topological polar surface area (TPSA) is 12.0 Å². The summed E-state index contributed by atoms with van der Waals surface area (Å²) in [6.07, 6.45) is 1.02. The summed E-state index contributed by atoms with van der Waals surface area (Å²) in [5.41, 5.74) is 0.701. The van der Waals surface area contributed by atoms with Gasteiger partial charge in [-0.25, -0.2) is 4.39 Å². The van der Waals surface area contributed by atoms with E-state index < -0.39 is 0 Å². The van der Waals surface area contributed by atoms with Crippen LogP contribution in [0, 0.1) is 5.82 Å². The highest BCUT2D eigenvalue weighted by Crippen LogP contribution is 2.37. The van der Waals surface area contributed by atoms with Gasteiger partial charge in [-0.2, -0.15) is 0 Å². The molecule has 2 aromatic heterocycles. The van der Waals surface area contributed by atoms with E-state index in [0.717, 1.165) is 17.4 Å². The molecule has 1 unspecified atom stereocenters. The van der Waals surface area contributed by atoms with E-state index in [1.54, 1.807) is 28.7 Å². The van der Waals surface area contributed by atoms with E-state index in [0.29, 0.717) is 5.56 Å². The maximum atomic E-state index is 14.3. The summed E-state index contributed by atoms with van der Waals surface area (Å²) in [6.45, 7) is 2.98. The third-order valence-corrected chi connectivity index (χ3v) is 5.96. The molecule has 1 N–H and O–H groups in total. The van der Waals surface area contributed by atoms with Gasteiger partial charge in [-0.1, -0.05) is 22.9 Å². The molecule has 0 saturated carbocycles. The fourth-order valence-corrected chi connectivity index (χ4v) is 4.91. The van der Waals surface area contributed by atoms with Gasteiger partial charge in [-0.05, 0) is 48.7 Å². The molecule has 0 aliphatic rings. The van der Waals surface area contributed by atoms with Crippen LogP contribution in [0.4, 0.5) is 4.39 Å². The van der Waals surface area contributed by atoms with E-state index in [4.69, 9.17) is 0 Å². The number of benzene rings is 1. The Hall–Kier alpha value is -0.750. The lowest BCUT2D eigenvalue weighted by molar-refractivity contribution is 0.551. The maximum absolute atomic E-state index is 14.3. The highest BCUT2D eigenvalue weighted by atomic mass is 79.9. The van der Waals surface area contributed by atoms with Gasteiger partial charge >= 0.3 is 0 Å². The molecule has 2 heterocycles. The van der Waals surface area contributed by atoms with Crippen molar-refractivity contribution in [3.05, 3.63) is 56.4 Å². The Balaban J connectivity index is 2.04. The SMILES string of the molecule is CCCNC(c1cc2sccc2s1)c1cc(Br)ccc1F. The fraction of sp³-hybridized carbons (Fsp3) is 0.250. The van der Waals surface area contributed by atoms with Gasteiger partial charge in [-0.3, -0.25) is 0 Å². The van der Waals surface area contributed by atoms with Crippen molar-refractivity contribution in [2.45, 2.75) is 19.4 Å². The predicted octanol–water partition coefficient (Wildman–Crippen LogP) is 5.95. The number of hydrogen-bond donors (Lipinski definition) is 1. The second-order valence-electron chi connectivity index (χ2n) is 4.85. The van der Waals surface area contributed by atoms with Crippen molar-refractivity contribution in [1.82, 2.24) is 5.32 Å². The zero-order chi connectivity index (χ0) is 14.8. The quantitative estimate of drug-likeness (QED) is 0.573. The molecule has 3 rings (SSSR count). The van der Waals surface area contributed by atoms with Crippen molar-refractivity contribution < 1.29 is 4.39 Å². The van der Waals surface area contributed by atoms with Crippen molar-refractivity contribution in [2.75, 3.05) is 6.54 Å². The van der Waals surface area contributed by atoms with Crippen LogP contribution < -0.4 is 5.32 Å². The summed E-state index contributed by atoms with van der Waals surface area (Å²) < 4.78 is 17.7. The molecule has 0 radical (unpaired) electrons. The third kappa shape index (κ3) is 3.21. The minimum Gasteiger partial charge on any atom is -0.306 e. The summed E-state index contributed by atoms with van der Waals surface area (Å²) in [5.74, 6) is -0.163. The van der Waals surface area contributed by atoms with Crippen LogP contribution in [0.3, 0.4) is 0 Å². The van der Waals surface area contributed by atoms with Crippen molar-refractivity contribution >= 4 is 48.0 Å². The Labute approximate surface area is 139 Å². The van der Waals surface area contributed by atoms with E-state index in [1.165, 1.54) is 20.3 Å².